The van der Waals surface area contributed by atoms with Gasteiger partial charge in [-0.15, -0.1) is 0 Å². The molecule has 2 rings (SSSR count). The molecule has 0 aliphatic carbocycles. The second kappa shape index (κ2) is 7.90. The highest BCUT2D eigenvalue weighted by molar-refractivity contribution is 6.04. The number of aliphatic hydroxyl groups excluding tert-OH is 1. The number of pyridine rings is 1. The van der Waals surface area contributed by atoms with Crippen LogP contribution in [0.25, 0.3) is 0 Å². The first kappa shape index (κ1) is 16.4. The Labute approximate surface area is 132 Å². The summed E-state index contributed by atoms with van der Waals surface area (Å²) in [5.41, 5.74) is 0.0511. The summed E-state index contributed by atoms with van der Waals surface area (Å²) in [5.74, 6) is -0.794. The maximum absolute atomic E-state index is 12.3. The monoisotopic (exact) mass is 315 g/mol. The molecule has 2 aromatic rings. The van der Waals surface area contributed by atoms with Crippen molar-refractivity contribution in [2.45, 2.75) is 6.54 Å². The van der Waals surface area contributed by atoms with Crippen LogP contribution < -0.4 is 16.2 Å². The molecule has 7 heteroatoms. The first-order valence-corrected chi connectivity index (χ1v) is 7.05. The van der Waals surface area contributed by atoms with E-state index in [4.69, 9.17) is 5.11 Å². The van der Waals surface area contributed by atoms with E-state index >= 15 is 0 Å². The van der Waals surface area contributed by atoms with Crippen LogP contribution in [0.15, 0.2) is 53.5 Å². The van der Waals surface area contributed by atoms with E-state index in [0.29, 0.717) is 5.56 Å². The van der Waals surface area contributed by atoms with Crippen molar-refractivity contribution in [3.05, 3.63) is 64.6 Å². The van der Waals surface area contributed by atoms with Gasteiger partial charge in [0.2, 0.25) is 5.91 Å². The molecule has 7 nitrogen and oxygen atoms in total. The first-order valence-electron chi connectivity index (χ1n) is 7.05. The lowest BCUT2D eigenvalue weighted by atomic mass is 10.2. The van der Waals surface area contributed by atoms with E-state index in [0.717, 1.165) is 0 Å². The Kier molecular flexibility index (Phi) is 5.65. The lowest BCUT2D eigenvalue weighted by Gasteiger charge is -2.09. The molecule has 0 bridgehead atoms. The minimum Gasteiger partial charge on any atom is -0.395 e. The average molecular weight is 315 g/mol. The molecule has 0 radical (unpaired) electrons. The van der Waals surface area contributed by atoms with Crippen molar-refractivity contribution in [3.8, 4) is 0 Å². The number of rotatable bonds is 6. The van der Waals surface area contributed by atoms with Crippen LogP contribution in [-0.2, 0) is 11.3 Å². The number of aromatic nitrogens is 1. The summed E-state index contributed by atoms with van der Waals surface area (Å²) in [6.45, 7) is -0.236. The zero-order valence-corrected chi connectivity index (χ0v) is 12.4. The number of amides is 2. The van der Waals surface area contributed by atoms with Crippen LogP contribution in [-0.4, -0.2) is 34.6 Å². The second-order valence-electron chi connectivity index (χ2n) is 4.75. The summed E-state index contributed by atoms with van der Waals surface area (Å²) in [5, 5.41) is 13.7. The molecule has 23 heavy (non-hydrogen) atoms. The minimum atomic E-state index is -0.476. The molecule has 0 atom stereocenters. The van der Waals surface area contributed by atoms with Gasteiger partial charge < -0.3 is 20.3 Å². The lowest BCUT2D eigenvalue weighted by molar-refractivity contribution is -0.121. The fourth-order valence-electron chi connectivity index (χ4n) is 1.95. The molecule has 0 aliphatic heterocycles. The summed E-state index contributed by atoms with van der Waals surface area (Å²) in [6.07, 6.45) is 1.46. The molecule has 3 N–H and O–H groups in total. The molecule has 0 aliphatic rings. The van der Waals surface area contributed by atoms with Gasteiger partial charge in [0.15, 0.2) is 0 Å². The fourth-order valence-corrected chi connectivity index (χ4v) is 1.95. The number of benzene rings is 1. The summed E-state index contributed by atoms with van der Waals surface area (Å²) in [6, 6.07) is 11.6. The van der Waals surface area contributed by atoms with Gasteiger partial charge in [-0.05, 0) is 24.3 Å². The Morgan fingerprint density at radius 3 is 2.52 bits per heavy atom. The minimum absolute atomic E-state index is 0.0938. The van der Waals surface area contributed by atoms with Gasteiger partial charge in [0.1, 0.15) is 12.2 Å². The Balaban J connectivity index is 2.12. The predicted molar refractivity (Wildman–Crippen MR) is 85.2 cm³/mol. The van der Waals surface area contributed by atoms with E-state index in [1.807, 2.05) is 0 Å². The SMILES string of the molecule is O=C(Cn1cccc(NC(=O)c2ccccc2)c1=O)NCCO. The van der Waals surface area contributed by atoms with Crippen molar-refractivity contribution >= 4 is 17.5 Å². The quantitative estimate of drug-likeness (QED) is 0.709. The van der Waals surface area contributed by atoms with E-state index in [-0.39, 0.29) is 25.4 Å². The van der Waals surface area contributed by atoms with Crippen LogP contribution in [0.5, 0.6) is 0 Å². The van der Waals surface area contributed by atoms with Crippen molar-refractivity contribution in [1.29, 1.82) is 0 Å². The summed E-state index contributed by atoms with van der Waals surface area (Å²) >= 11 is 0. The molecule has 0 spiro atoms. The van der Waals surface area contributed by atoms with E-state index < -0.39 is 17.4 Å². The van der Waals surface area contributed by atoms with Gasteiger partial charge in [-0.3, -0.25) is 14.4 Å². The van der Waals surface area contributed by atoms with Crippen molar-refractivity contribution in [2.75, 3.05) is 18.5 Å². The van der Waals surface area contributed by atoms with E-state index in [1.165, 1.54) is 16.8 Å². The third-order valence-electron chi connectivity index (χ3n) is 3.05. The number of carbonyl (C=O) groups is 2. The largest absolute Gasteiger partial charge is 0.395 e. The third-order valence-corrected chi connectivity index (χ3v) is 3.05. The summed E-state index contributed by atoms with van der Waals surface area (Å²) < 4.78 is 1.19. The Morgan fingerprint density at radius 2 is 1.83 bits per heavy atom. The maximum Gasteiger partial charge on any atom is 0.274 e. The van der Waals surface area contributed by atoms with E-state index in [2.05, 4.69) is 10.6 Å². The Hall–Kier alpha value is -2.93. The van der Waals surface area contributed by atoms with Gasteiger partial charge in [-0.2, -0.15) is 0 Å². The van der Waals surface area contributed by atoms with Crippen LogP contribution in [0.2, 0.25) is 0 Å². The molecule has 1 heterocycles. The Morgan fingerprint density at radius 1 is 1.09 bits per heavy atom. The van der Waals surface area contributed by atoms with Crippen molar-refractivity contribution in [3.63, 3.8) is 0 Å². The zero-order valence-electron chi connectivity index (χ0n) is 12.4. The molecule has 0 saturated heterocycles. The number of nitrogens with one attached hydrogen (secondary N) is 2. The summed E-state index contributed by atoms with van der Waals surface area (Å²) in [7, 11) is 0. The van der Waals surface area contributed by atoms with Crippen molar-refractivity contribution in [1.82, 2.24) is 9.88 Å². The van der Waals surface area contributed by atoms with Crippen LogP contribution in [0.3, 0.4) is 0 Å². The first-order chi connectivity index (χ1) is 11.1. The summed E-state index contributed by atoms with van der Waals surface area (Å²) in [4.78, 5) is 35.9. The molecule has 0 saturated carbocycles. The third kappa shape index (κ3) is 4.52. The lowest BCUT2D eigenvalue weighted by Crippen LogP contribution is -2.34. The van der Waals surface area contributed by atoms with Gasteiger partial charge in [0.25, 0.3) is 11.5 Å². The van der Waals surface area contributed by atoms with Crippen LogP contribution in [0.4, 0.5) is 5.69 Å². The smallest absolute Gasteiger partial charge is 0.274 e. The predicted octanol–water partition coefficient (Wildman–Crippen LogP) is 0.209. The van der Waals surface area contributed by atoms with Crippen LogP contribution in [0, 0.1) is 0 Å². The number of carbonyl (C=O) groups excluding carboxylic acids is 2. The fraction of sp³-hybridized carbons (Fsp3) is 0.188. The second-order valence-corrected chi connectivity index (χ2v) is 4.75. The van der Waals surface area contributed by atoms with E-state index in [1.54, 1.807) is 36.4 Å². The molecular weight excluding hydrogens is 298 g/mol. The average Bonchev–Trinajstić information content (AvgIpc) is 2.57. The molecular formula is C16H17N3O4. The topological polar surface area (TPSA) is 100 Å². The van der Waals surface area contributed by atoms with Gasteiger partial charge in [-0.1, -0.05) is 18.2 Å². The van der Waals surface area contributed by atoms with Gasteiger partial charge >= 0.3 is 0 Å². The molecule has 120 valence electrons. The number of aliphatic hydroxyl groups is 1. The normalized spacial score (nSPS) is 10.1. The van der Waals surface area contributed by atoms with Gasteiger partial charge in [-0.25, -0.2) is 0 Å². The highest BCUT2D eigenvalue weighted by Gasteiger charge is 2.10. The standard InChI is InChI=1S/C16H17N3O4/c20-10-8-17-14(21)11-19-9-4-7-13(16(19)23)18-15(22)12-5-2-1-3-6-12/h1-7,9,20H,8,10-11H2,(H,17,21)(H,18,22). The highest BCUT2D eigenvalue weighted by Crippen LogP contribution is 2.04. The maximum atomic E-state index is 12.3. The number of anilines is 1. The Bertz CT molecular complexity index is 740. The zero-order chi connectivity index (χ0) is 16.7. The number of nitrogens with zero attached hydrogens (tertiary/aromatic N) is 1. The van der Waals surface area contributed by atoms with Crippen LogP contribution in [0.1, 0.15) is 10.4 Å². The molecule has 0 unspecified atom stereocenters. The van der Waals surface area contributed by atoms with Crippen LogP contribution >= 0.6 is 0 Å². The van der Waals surface area contributed by atoms with Crippen molar-refractivity contribution < 1.29 is 14.7 Å². The highest BCUT2D eigenvalue weighted by atomic mass is 16.3. The van der Waals surface area contributed by atoms with Crippen molar-refractivity contribution in [2.24, 2.45) is 0 Å². The molecule has 1 aromatic carbocycles. The molecule has 0 fully saturated rings. The van der Waals surface area contributed by atoms with Gasteiger partial charge in [0, 0.05) is 18.3 Å². The van der Waals surface area contributed by atoms with Gasteiger partial charge in [0.05, 0.1) is 6.61 Å². The molecule has 1 aromatic heterocycles. The number of hydrogen-bond acceptors (Lipinski definition) is 4. The molecule has 2 amide bonds. The van der Waals surface area contributed by atoms with E-state index in [9.17, 15) is 14.4 Å². The number of hydrogen-bond donors (Lipinski definition) is 3.